The summed E-state index contributed by atoms with van der Waals surface area (Å²) in [7, 11) is 0. The van der Waals surface area contributed by atoms with Crippen LogP contribution in [0.4, 0.5) is 24.8 Å². The normalized spacial score (nSPS) is 11.2. The van der Waals surface area contributed by atoms with Crippen molar-refractivity contribution in [1.29, 1.82) is 0 Å². The number of nitrogens with one attached hydrogen (secondary N) is 2. The number of alkyl halides is 3. The molecule has 1 aromatic heterocycles. The zero-order valence-electron chi connectivity index (χ0n) is 10.3. The Morgan fingerprint density at radius 3 is 2.55 bits per heavy atom. The van der Waals surface area contributed by atoms with Crippen molar-refractivity contribution < 1.29 is 13.2 Å². The zero-order valence-corrected chi connectivity index (χ0v) is 10.3. The number of anilines is 2. The average molecular weight is 283 g/mol. The Morgan fingerprint density at radius 2 is 1.85 bits per heavy atom. The fraction of sp³-hybridized carbons (Fsp3) is 0.167. The predicted molar refractivity (Wildman–Crippen MR) is 68.6 cm³/mol. The second-order valence-electron chi connectivity index (χ2n) is 3.98. The maximum atomic E-state index is 12.6. The number of aromatic nitrogens is 2. The van der Waals surface area contributed by atoms with Crippen LogP contribution in [-0.4, -0.2) is 9.97 Å². The van der Waals surface area contributed by atoms with E-state index in [-0.39, 0.29) is 6.54 Å². The van der Waals surface area contributed by atoms with E-state index >= 15 is 0 Å². The van der Waals surface area contributed by atoms with Crippen LogP contribution in [0, 0.1) is 0 Å². The molecule has 0 bridgehead atoms. The number of hydrogen-bond donors (Lipinski definition) is 3. The summed E-state index contributed by atoms with van der Waals surface area (Å²) in [6, 6.07) is 6.65. The van der Waals surface area contributed by atoms with Crippen LogP contribution in [-0.2, 0) is 12.7 Å². The molecular formula is C12H12F3N5. The topological polar surface area (TPSA) is 75.9 Å². The first kappa shape index (κ1) is 14.1. The van der Waals surface area contributed by atoms with Crippen molar-refractivity contribution in [2.24, 2.45) is 5.84 Å². The number of nitrogens with two attached hydrogens (primary N) is 1. The smallest absolute Gasteiger partial charge is 0.366 e. The molecule has 20 heavy (non-hydrogen) atoms. The molecule has 2 rings (SSSR count). The maximum absolute atomic E-state index is 12.6. The van der Waals surface area contributed by atoms with Gasteiger partial charge >= 0.3 is 6.18 Å². The van der Waals surface area contributed by atoms with Gasteiger partial charge in [0.05, 0.1) is 5.56 Å². The number of hydrogen-bond acceptors (Lipinski definition) is 5. The van der Waals surface area contributed by atoms with Gasteiger partial charge in [-0.2, -0.15) is 13.2 Å². The number of nitrogen functional groups attached to an aromatic ring is 1. The van der Waals surface area contributed by atoms with Gasteiger partial charge in [0.2, 0.25) is 0 Å². The van der Waals surface area contributed by atoms with Gasteiger partial charge in [-0.05, 0) is 17.7 Å². The lowest BCUT2D eigenvalue weighted by Crippen LogP contribution is -2.10. The van der Waals surface area contributed by atoms with Crippen LogP contribution >= 0.6 is 0 Å². The quantitative estimate of drug-likeness (QED) is 0.593. The standard InChI is InChI=1S/C12H12F3N5/c13-12(14,15)9-3-1-2-8(4-9)6-17-10-5-11(20-16)19-7-18-10/h1-5,7H,6,16H2,(H2,17,18,19,20). The van der Waals surface area contributed by atoms with Crippen molar-refractivity contribution >= 4 is 11.6 Å². The maximum Gasteiger partial charge on any atom is 0.416 e. The van der Waals surface area contributed by atoms with Crippen LogP contribution in [0.3, 0.4) is 0 Å². The lowest BCUT2D eigenvalue weighted by Gasteiger charge is -2.10. The number of rotatable bonds is 4. The summed E-state index contributed by atoms with van der Waals surface area (Å²) in [5.41, 5.74) is 2.18. The number of nitrogens with zero attached hydrogens (tertiary/aromatic N) is 2. The Balaban J connectivity index is 2.07. The Hall–Kier alpha value is -2.35. The number of benzene rings is 1. The summed E-state index contributed by atoms with van der Waals surface area (Å²) < 4.78 is 37.7. The van der Waals surface area contributed by atoms with Gasteiger partial charge in [-0.1, -0.05) is 12.1 Å². The summed E-state index contributed by atoms with van der Waals surface area (Å²) in [6.07, 6.45) is -3.05. The molecule has 0 aliphatic carbocycles. The van der Waals surface area contributed by atoms with Crippen LogP contribution in [0.25, 0.3) is 0 Å². The molecule has 1 aromatic carbocycles. The lowest BCUT2D eigenvalue weighted by atomic mass is 10.1. The van der Waals surface area contributed by atoms with E-state index in [1.54, 1.807) is 12.1 Å². The Labute approximate surface area is 113 Å². The summed E-state index contributed by atoms with van der Waals surface area (Å²) in [5, 5.41) is 2.90. The minimum Gasteiger partial charge on any atom is -0.366 e. The first-order valence-electron chi connectivity index (χ1n) is 5.68. The van der Waals surface area contributed by atoms with Crippen molar-refractivity contribution in [1.82, 2.24) is 9.97 Å². The van der Waals surface area contributed by atoms with Crippen molar-refractivity contribution in [2.45, 2.75) is 12.7 Å². The molecule has 0 atom stereocenters. The SMILES string of the molecule is NNc1cc(NCc2cccc(C(F)(F)F)c2)ncn1. The van der Waals surface area contributed by atoms with Crippen molar-refractivity contribution in [2.75, 3.05) is 10.7 Å². The molecule has 0 unspecified atom stereocenters. The molecule has 4 N–H and O–H groups in total. The fourth-order valence-electron chi connectivity index (χ4n) is 1.58. The first-order chi connectivity index (χ1) is 9.49. The minimum atomic E-state index is -4.35. The van der Waals surface area contributed by atoms with E-state index in [9.17, 15) is 13.2 Å². The van der Waals surface area contributed by atoms with Crippen molar-refractivity contribution in [3.63, 3.8) is 0 Å². The molecule has 0 fully saturated rings. The van der Waals surface area contributed by atoms with E-state index in [4.69, 9.17) is 5.84 Å². The monoisotopic (exact) mass is 283 g/mol. The molecule has 8 heteroatoms. The average Bonchev–Trinajstić information content (AvgIpc) is 2.45. The summed E-state index contributed by atoms with van der Waals surface area (Å²) >= 11 is 0. The van der Waals surface area contributed by atoms with Crippen LogP contribution in [0.2, 0.25) is 0 Å². The van der Waals surface area contributed by atoms with E-state index in [2.05, 4.69) is 20.7 Å². The van der Waals surface area contributed by atoms with Gasteiger partial charge < -0.3 is 10.7 Å². The molecular weight excluding hydrogens is 271 g/mol. The first-order valence-corrected chi connectivity index (χ1v) is 5.68. The highest BCUT2D eigenvalue weighted by atomic mass is 19.4. The molecule has 0 aliphatic rings. The van der Waals surface area contributed by atoms with Crippen molar-refractivity contribution in [3.05, 3.63) is 47.8 Å². The Bertz CT molecular complexity index is 585. The van der Waals surface area contributed by atoms with E-state index in [0.717, 1.165) is 12.1 Å². The van der Waals surface area contributed by atoms with Crippen LogP contribution in [0.5, 0.6) is 0 Å². The van der Waals surface area contributed by atoms with Gasteiger partial charge in [-0.25, -0.2) is 15.8 Å². The predicted octanol–water partition coefficient (Wildman–Crippen LogP) is 2.39. The third-order valence-electron chi connectivity index (χ3n) is 2.54. The van der Waals surface area contributed by atoms with E-state index < -0.39 is 11.7 Å². The molecule has 0 amide bonds. The molecule has 0 spiro atoms. The van der Waals surface area contributed by atoms with Gasteiger partial charge in [0.15, 0.2) is 0 Å². The molecule has 2 aromatic rings. The summed E-state index contributed by atoms with van der Waals surface area (Å²) in [6.45, 7) is 0.213. The second kappa shape index (κ2) is 5.74. The third-order valence-corrected chi connectivity index (χ3v) is 2.54. The van der Waals surface area contributed by atoms with E-state index in [1.807, 2.05) is 0 Å². The largest absolute Gasteiger partial charge is 0.416 e. The van der Waals surface area contributed by atoms with Crippen LogP contribution < -0.4 is 16.6 Å². The zero-order chi connectivity index (χ0) is 14.6. The Kier molecular flexibility index (Phi) is 4.04. The Morgan fingerprint density at radius 1 is 1.10 bits per heavy atom. The highest BCUT2D eigenvalue weighted by Gasteiger charge is 2.30. The second-order valence-corrected chi connectivity index (χ2v) is 3.98. The highest BCUT2D eigenvalue weighted by Crippen LogP contribution is 2.29. The summed E-state index contributed by atoms with van der Waals surface area (Å²) in [5.74, 6) is 6.07. The molecule has 0 aliphatic heterocycles. The van der Waals surface area contributed by atoms with Gasteiger partial charge in [-0.3, -0.25) is 0 Å². The molecule has 106 valence electrons. The molecule has 0 radical (unpaired) electrons. The molecule has 1 heterocycles. The number of hydrazine groups is 1. The van der Waals surface area contributed by atoms with Crippen LogP contribution in [0.15, 0.2) is 36.7 Å². The summed E-state index contributed by atoms with van der Waals surface area (Å²) in [4.78, 5) is 7.76. The lowest BCUT2D eigenvalue weighted by molar-refractivity contribution is -0.137. The van der Waals surface area contributed by atoms with E-state index in [0.29, 0.717) is 17.2 Å². The van der Waals surface area contributed by atoms with Gasteiger partial charge in [0, 0.05) is 12.6 Å². The number of halogens is 3. The van der Waals surface area contributed by atoms with Gasteiger partial charge in [0.25, 0.3) is 0 Å². The van der Waals surface area contributed by atoms with Gasteiger partial charge in [0.1, 0.15) is 18.0 Å². The van der Waals surface area contributed by atoms with Gasteiger partial charge in [-0.15, -0.1) is 0 Å². The van der Waals surface area contributed by atoms with E-state index in [1.165, 1.54) is 12.4 Å². The highest BCUT2D eigenvalue weighted by molar-refractivity contribution is 5.46. The molecule has 5 nitrogen and oxygen atoms in total. The minimum absolute atomic E-state index is 0.213. The third kappa shape index (κ3) is 3.58. The van der Waals surface area contributed by atoms with Crippen LogP contribution in [0.1, 0.15) is 11.1 Å². The fourth-order valence-corrected chi connectivity index (χ4v) is 1.58. The molecule has 0 saturated heterocycles. The molecule has 0 saturated carbocycles. The van der Waals surface area contributed by atoms with Crippen molar-refractivity contribution in [3.8, 4) is 0 Å².